The molecule has 2 N–H and O–H groups in total. The van der Waals surface area contributed by atoms with Gasteiger partial charge in [-0.2, -0.15) is 32.9 Å². The lowest BCUT2D eigenvalue weighted by Gasteiger charge is -2.33. The third-order valence-electron chi connectivity index (χ3n) is 9.88. The van der Waals surface area contributed by atoms with E-state index >= 15 is 4.39 Å². The van der Waals surface area contributed by atoms with Crippen LogP contribution in [0.15, 0.2) is 18.3 Å². The number of hydrogen-bond donors (Lipinski definition) is 1. The molecule has 48 heavy (non-hydrogen) atoms. The number of aryl methyl sites for hydroxylation is 1. The minimum absolute atomic E-state index is 0.0000216. The van der Waals surface area contributed by atoms with Crippen LogP contribution < -0.4 is 15.4 Å². The number of fused-ring (bicyclic) bond motifs is 3. The SMILES string of the molecule is CN(C)C(=O)n1cc2c(n1)CCCN(c1nc(OC[C@@]34CCCN3C[C@H](F)C4)nc3c1COC(c1c(C(F)(F)F)ccc(N)c1F)C3)C2. The second kappa shape index (κ2) is 12.1. The topological polar surface area (TPSA) is 115 Å². The summed E-state index contributed by atoms with van der Waals surface area (Å²) in [4.78, 5) is 27.6. The maximum absolute atomic E-state index is 15.3. The maximum atomic E-state index is 15.3. The smallest absolute Gasteiger partial charge is 0.416 e. The number of carbonyl (C=O) groups is 1. The monoisotopic (exact) mass is 676 g/mol. The lowest BCUT2D eigenvalue weighted by Crippen LogP contribution is -2.43. The second-order valence-electron chi connectivity index (χ2n) is 13.3. The number of amides is 1. The molecule has 0 bridgehead atoms. The van der Waals surface area contributed by atoms with Crippen molar-refractivity contribution in [1.82, 2.24) is 29.5 Å². The fourth-order valence-electron chi connectivity index (χ4n) is 7.55. The third kappa shape index (κ3) is 5.82. The number of hydrogen-bond acceptors (Lipinski definition) is 9. The van der Waals surface area contributed by atoms with E-state index in [4.69, 9.17) is 20.2 Å². The average molecular weight is 677 g/mol. The highest BCUT2D eigenvalue weighted by atomic mass is 19.4. The van der Waals surface area contributed by atoms with Crippen molar-refractivity contribution in [1.29, 1.82) is 0 Å². The Morgan fingerprint density at radius 3 is 2.77 bits per heavy atom. The number of rotatable bonds is 5. The number of halogens is 5. The molecule has 0 saturated carbocycles. The van der Waals surface area contributed by atoms with Gasteiger partial charge in [-0.25, -0.2) is 13.6 Å². The largest absolute Gasteiger partial charge is 0.461 e. The number of alkyl halides is 4. The van der Waals surface area contributed by atoms with Crippen molar-refractivity contribution in [2.45, 2.75) is 75.7 Å². The standard InChI is InChI=1S/C32H37F5N8O3/c1-42(2)30(46)45-14-18-13-43(9-3-5-23(18)41-45)28-20-16-47-25(26-21(32(35,36)37)6-7-22(38)27(26)34)11-24(20)39-29(40-28)48-17-31-8-4-10-44(31)15-19(33)12-31/h6-7,14,19,25H,3-5,8-13,15-17,38H2,1-2H3/t19-,25?,31+/m1/s1. The van der Waals surface area contributed by atoms with Gasteiger partial charge in [0.15, 0.2) is 5.82 Å². The van der Waals surface area contributed by atoms with Crippen LogP contribution in [0.1, 0.15) is 65.4 Å². The molecule has 4 aliphatic rings. The Labute approximate surface area is 273 Å². The van der Waals surface area contributed by atoms with Gasteiger partial charge in [-0.3, -0.25) is 4.90 Å². The Kier molecular flexibility index (Phi) is 8.21. The van der Waals surface area contributed by atoms with Crippen molar-refractivity contribution >= 4 is 17.5 Å². The van der Waals surface area contributed by atoms with E-state index in [-0.39, 0.29) is 31.7 Å². The van der Waals surface area contributed by atoms with Gasteiger partial charge in [0.25, 0.3) is 0 Å². The lowest BCUT2D eigenvalue weighted by molar-refractivity contribution is -0.140. The summed E-state index contributed by atoms with van der Waals surface area (Å²) in [6, 6.07) is 1.36. The van der Waals surface area contributed by atoms with Crippen molar-refractivity contribution in [2.24, 2.45) is 0 Å². The molecule has 1 unspecified atom stereocenters. The number of nitrogen functional groups attached to an aromatic ring is 1. The molecule has 4 aliphatic heterocycles. The summed E-state index contributed by atoms with van der Waals surface area (Å²) in [7, 11) is 3.28. The number of ether oxygens (including phenoxy) is 2. The van der Waals surface area contributed by atoms with Crippen LogP contribution in [-0.2, 0) is 36.9 Å². The summed E-state index contributed by atoms with van der Waals surface area (Å²) < 4.78 is 85.4. The van der Waals surface area contributed by atoms with Gasteiger partial charge >= 0.3 is 18.2 Å². The summed E-state index contributed by atoms with van der Waals surface area (Å²) >= 11 is 0. The van der Waals surface area contributed by atoms with Crippen LogP contribution in [-0.4, -0.2) is 87.6 Å². The van der Waals surface area contributed by atoms with Crippen LogP contribution in [0.25, 0.3) is 0 Å². The number of benzene rings is 1. The van der Waals surface area contributed by atoms with E-state index in [9.17, 15) is 22.4 Å². The van der Waals surface area contributed by atoms with Gasteiger partial charge in [-0.05, 0) is 44.4 Å². The highest BCUT2D eigenvalue weighted by Gasteiger charge is 2.49. The normalized spacial score (nSPS) is 24.2. The minimum atomic E-state index is -4.84. The summed E-state index contributed by atoms with van der Waals surface area (Å²) in [6.45, 7) is 1.96. The first-order chi connectivity index (χ1) is 22.8. The van der Waals surface area contributed by atoms with E-state index in [2.05, 4.69) is 15.0 Å². The first-order valence-corrected chi connectivity index (χ1v) is 16.1. The van der Waals surface area contributed by atoms with Crippen LogP contribution in [0.4, 0.5) is 38.3 Å². The van der Waals surface area contributed by atoms with Gasteiger partial charge < -0.3 is 25.0 Å². The molecule has 258 valence electrons. The highest BCUT2D eigenvalue weighted by Crippen LogP contribution is 2.44. The zero-order valence-electron chi connectivity index (χ0n) is 26.7. The number of nitrogens with zero attached hydrogens (tertiary/aromatic N) is 7. The summed E-state index contributed by atoms with van der Waals surface area (Å²) in [5.41, 5.74) is 5.47. The van der Waals surface area contributed by atoms with E-state index in [1.807, 2.05) is 4.90 Å². The van der Waals surface area contributed by atoms with Gasteiger partial charge in [-0.15, -0.1) is 0 Å². The molecule has 16 heteroatoms. The zero-order chi connectivity index (χ0) is 34.0. The summed E-state index contributed by atoms with van der Waals surface area (Å²) in [5.74, 6) is -0.719. The van der Waals surface area contributed by atoms with Crippen molar-refractivity contribution in [3.05, 3.63) is 57.8 Å². The molecular formula is C32H37F5N8O3. The molecule has 0 spiro atoms. The fourth-order valence-corrected chi connectivity index (χ4v) is 7.55. The molecule has 1 amide bonds. The van der Waals surface area contributed by atoms with Gasteiger partial charge in [0.1, 0.15) is 18.6 Å². The Morgan fingerprint density at radius 1 is 1.19 bits per heavy atom. The van der Waals surface area contributed by atoms with Gasteiger partial charge in [0.05, 0.1) is 40.9 Å². The Hall–Kier alpha value is -4.05. The number of anilines is 2. The second-order valence-corrected chi connectivity index (χ2v) is 13.3. The van der Waals surface area contributed by atoms with Crippen molar-refractivity contribution < 1.29 is 36.2 Å². The molecule has 1 aromatic carbocycles. The molecule has 2 fully saturated rings. The Morgan fingerprint density at radius 2 is 2.00 bits per heavy atom. The van der Waals surface area contributed by atoms with E-state index < -0.39 is 46.6 Å². The lowest BCUT2D eigenvalue weighted by atomic mass is 9.94. The predicted molar refractivity (Wildman–Crippen MR) is 164 cm³/mol. The predicted octanol–water partition coefficient (Wildman–Crippen LogP) is 4.66. The average Bonchev–Trinajstić information content (AvgIpc) is 3.66. The van der Waals surface area contributed by atoms with Crippen molar-refractivity contribution in [2.75, 3.05) is 51.0 Å². The van der Waals surface area contributed by atoms with Crippen LogP contribution in [0, 0.1) is 5.82 Å². The molecule has 0 aliphatic carbocycles. The summed E-state index contributed by atoms with van der Waals surface area (Å²) in [5, 5.41) is 4.51. The first kappa shape index (κ1) is 32.5. The highest BCUT2D eigenvalue weighted by molar-refractivity contribution is 5.75. The zero-order valence-corrected chi connectivity index (χ0v) is 26.7. The van der Waals surface area contributed by atoms with Crippen molar-refractivity contribution in [3.8, 4) is 6.01 Å². The van der Waals surface area contributed by atoms with E-state index in [1.54, 1.807) is 20.3 Å². The van der Waals surface area contributed by atoms with Gasteiger partial charge in [0.2, 0.25) is 0 Å². The minimum Gasteiger partial charge on any atom is -0.461 e. The molecule has 6 heterocycles. The number of nitrogens with two attached hydrogens (primary N) is 1. The molecule has 3 aromatic rings. The number of aromatic nitrogens is 4. The van der Waals surface area contributed by atoms with Crippen LogP contribution in [0.3, 0.4) is 0 Å². The van der Waals surface area contributed by atoms with E-state index in [1.165, 1.54) is 9.58 Å². The molecule has 7 rings (SSSR count). The number of carbonyl (C=O) groups excluding carboxylic acids is 1. The third-order valence-corrected chi connectivity index (χ3v) is 9.88. The molecule has 2 aromatic heterocycles. The quantitative estimate of drug-likeness (QED) is 0.304. The Bertz CT molecular complexity index is 1730. The molecule has 3 atom stereocenters. The molecular weight excluding hydrogens is 639 g/mol. The van der Waals surface area contributed by atoms with Gasteiger partial charge in [-0.1, -0.05) is 0 Å². The van der Waals surface area contributed by atoms with E-state index in [0.717, 1.165) is 42.8 Å². The van der Waals surface area contributed by atoms with Crippen LogP contribution >= 0.6 is 0 Å². The molecule has 0 radical (unpaired) electrons. The first-order valence-electron chi connectivity index (χ1n) is 16.1. The van der Waals surface area contributed by atoms with Gasteiger partial charge in [0, 0.05) is 69.5 Å². The summed E-state index contributed by atoms with van der Waals surface area (Å²) in [6.07, 6.45) is -2.33. The van der Waals surface area contributed by atoms with E-state index in [0.29, 0.717) is 56.0 Å². The Balaban J connectivity index is 1.26. The van der Waals surface area contributed by atoms with Crippen LogP contribution in [0.2, 0.25) is 0 Å². The maximum Gasteiger partial charge on any atom is 0.416 e. The van der Waals surface area contributed by atoms with Crippen molar-refractivity contribution in [3.63, 3.8) is 0 Å². The van der Waals surface area contributed by atoms with Crippen LogP contribution in [0.5, 0.6) is 6.01 Å². The fraction of sp³-hybridized carbons (Fsp3) is 0.562. The molecule has 11 nitrogen and oxygen atoms in total. The molecule has 2 saturated heterocycles.